The topological polar surface area (TPSA) is 41.9 Å². The summed E-state index contributed by atoms with van der Waals surface area (Å²) in [5, 5.41) is 13.7. The van der Waals surface area contributed by atoms with Crippen molar-refractivity contribution >= 4 is 22.7 Å². The third kappa shape index (κ3) is 2.00. The zero-order valence-electron chi connectivity index (χ0n) is 8.96. The Labute approximate surface area is 102 Å². The molecule has 3 rings (SSSR count). The number of rotatable bonds is 3. The van der Waals surface area contributed by atoms with Gasteiger partial charge in [-0.2, -0.15) is 0 Å². The first-order valence-electron chi connectivity index (χ1n) is 5.22. The summed E-state index contributed by atoms with van der Waals surface area (Å²) in [6.07, 6.45) is 1.89. The molecule has 1 saturated heterocycles. The van der Waals surface area contributed by atoms with Gasteiger partial charge in [-0.1, -0.05) is 0 Å². The molecule has 1 aliphatic heterocycles. The van der Waals surface area contributed by atoms with Crippen LogP contribution in [0.25, 0.3) is 0 Å². The van der Waals surface area contributed by atoms with Gasteiger partial charge in [-0.25, -0.2) is 4.98 Å². The minimum absolute atomic E-state index is 0.633. The lowest BCUT2D eigenvalue weighted by molar-refractivity contribution is 0.139. The normalized spacial score (nSPS) is 17.6. The van der Waals surface area contributed by atoms with E-state index >= 15 is 0 Å². The number of aryl methyl sites for hydroxylation is 1. The number of hydrogen-bond acceptors (Lipinski definition) is 6. The van der Waals surface area contributed by atoms with Crippen molar-refractivity contribution in [3.63, 3.8) is 0 Å². The van der Waals surface area contributed by atoms with E-state index in [-0.39, 0.29) is 0 Å². The third-order valence-corrected chi connectivity index (χ3v) is 4.45. The van der Waals surface area contributed by atoms with Gasteiger partial charge in [-0.05, 0) is 6.92 Å². The number of hydrogen-bond donors (Lipinski definition) is 0. The van der Waals surface area contributed by atoms with Crippen LogP contribution in [-0.2, 0) is 6.54 Å². The summed E-state index contributed by atoms with van der Waals surface area (Å²) in [5.74, 6) is 0.633. The van der Waals surface area contributed by atoms with Crippen molar-refractivity contribution in [2.45, 2.75) is 19.4 Å². The van der Waals surface area contributed by atoms with E-state index in [1.54, 1.807) is 22.7 Å². The molecule has 0 N–H and O–H groups in total. The van der Waals surface area contributed by atoms with Crippen molar-refractivity contribution in [2.24, 2.45) is 0 Å². The summed E-state index contributed by atoms with van der Waals surface area (Å²) in [6, 6.07) is 0. The van der Waals surface area contributed by atoms with Crippen LogP contribution >= 0.6 is 22.7 Å². The lowest BCUT2D eigenvalue weighted by Gasteiger charge is -2.37. The third-order valence-electron chi connectivity index (χ3n) is 2.68. The summed E-state index contributed by atoms with van der Waals surface area (Å²) in [6.45, 7) is 5.14. The van der Waals surface area contributed by atoms with E-state index in [2.05, 4.69) is 20.1 Å². The second-order valence-electron chi connectivity index (χ2n) is 3.98. The predicted octanol–water partition coefficient (Wildman–Crippen LogP) is 1.90. The minimum Gasteiger partial charge on any atom is -0.295 e. The Morgan fingerprint density at radius 1 is 1.44 bits per heavy atom. The highest BCUT2D eigenvalue weighted by Crippen LogP contribution is 2.29. The first-order valence-corrected chi connectivity index (χ1v) is 6.91. The van der Waals surface area contributed by atoms with Gasteiger partial charge < -0.3 is 0 Å². The molecule has 2 aromatic heterocycles. The van der Waals surface area contributed by atoms with Gasteiger partial charge in [0.05, 0.1) is 11.6 Å². The standard InChI is InChI=1S/C10H12N4S2/c1-7-12-13-9(16-7)6-14-4-8(5-14)10-11-2-3-15-10/h2-3,8H,4-6H2,1H3. The van der Waals surface area contributed by atoms with E-state index in [1.807, 2.05) is 18.5 Å². The summed E-state index contributed by atoms with van der Waals surface area (Å²) < 4.78 is 0. The lowest BCUT2D eigenvalue weighted by Crippen LogP contribution is -2.44. The monoisotopic (exact) mass is 252 g/mol. The molecule has 0 atom stereocenters. The van der Waals surface area contributed by atoms with E-state index in [0.717, 1.165) is 29.6 Å². The molecule has 2 aromatic rings. The van der Waals surface area contributed by atoms with Crippen molar-refractivity contribution in [1.29, 1.82) is 0 Å². The fourth-order valence-electron chi connectivity index (χ4n) is 1.88. The Morgan fingerprint density at radius 3 is 2.94 bits per heavy atom. The molecule has 0 saturated carbocycles. The van der Waals surface area contributed by atoms with E-state index in [1.165, 1.54) is 5.01 Å². The van der Waals surface area contributed by atoms with Crippen LogP contribution in [0.15, 0.2) is 11.6 Å². The molecular weight excluding hydrogens is 240 g/mol. The Bertz CT molecular complexity index is 459. The Morgan fingerprint density at radius 2 is 2.31 bits per heavy atom. The van der Waals surface area contributed by atoms with Gasteiger partial charge in [-0.3, -0.25) is 4.90 Å². The highest BCUT2D eigenvalue weighted by molar-refractivity contribution is 7.11. The van der Waals surface area contributed by atoms with Gasteiger partial charge in [0.25, 0.3) is 0 Å². The molecule has 0 amide bonds. The Hall–Kier alpha value is -0.850. The zero-order chi connectivity index (χ0) is 11.0. The van der Waals surface area contributed by atoms with Crippen LogP contribution < -0.4 is 0 Å². The molecule has 1 aliphatic rings. The molecule has 0 aromatic carbocycles. The maximum absolute atomic E-state index is 4.35. The fourth-order valence-corrected chi connectivity index (χ4v) is 3.36. The van der Waals surface area contributed by atoms with Crippen LogP contribution in [-0.4, -0.2) is 33.2 Å². The minimum atomic E-state index is 0.633. The SMILES string of the molecule is Cc1nnc(CN2CC(c3nccs3)C2)s1. The molecule has 0 aliphatic carbocycles. The average molecular weight is 252 g/mol. The molecule has 3 heterocycles. The maximum Gasteiger partial charge on any atom is 0.131 e. The van der Waals surface area contributed by atoms with Crippen molar-refractivity contribution in [3.05, 3.63) is 26.6 Å². The first-order chi connectivity index (χ1) is 7.81. The lowest BCUT2D eigenvalue weighted by atomic mass is 10.0. The number of likely N-dealkylation sites (tertiary alicyclic amines) is 1. The predicted molar refractivity (Wildman–Crippen MR) is 64.8 cm³/mol. The van der Waals surface area contributed by atoms with Gasteiger partial charge in [0, 0.05) is 30.6 Å². The number of nitrogens with zero attached hydrogens (tertiary/aromatic N) is 4. The molecule has 16 heavy (non-hydrogen) atoms. The van der Waals surface area contributed by atoms with Crippen LogP contribution in [0, 0.1) is 6.92 Å². The fraction of sp³-hybridized carbons (Fsp3) is 0.500. The first kappa shape index (κ1) is 10.3. The quantitative estimate of drug-likeness (QED) is 0.836. The van der Waals surface area contributed by atoms with E-state index in [9.17, 15) is 0 Å². The van der Waals surface area contributed by atoms with E-state index < -0.39 is 0 Å². The Kier molecular flexibility index (Phi) is 2.70. The van der Waals surface area contributed by atoms with Crippen molar-refractivity contribution in [1.82, 2.24) is 20.1 Å². The second-order valence-corrected chi connectivity index (χ2v) is 6.17. The van der Waals surface area contributed by atoms with Crippen molar-refractivity contribution < 1.29 is 0 Å². The van der Waals surface area contributed by atoms with Gasteiger partial charge in [0.1, 0.15) is 10.0 Å². The molecular formula is C10H12N4S2. The van der Waals surface area contributed by atoms with Gasteiger partial charge >= 0.3 is 0 Å². The summed E-state index contributed by atoms with van der Waals surface area (Å²) in [4.78, 5) is 6.75. The molecule has 0 unspecified atom stereocenters. The van der Waals surface area contributed by atoms with Gasteiger partial charge in [0.15, 0.2) is 0 Å². The van der Waals surface area contributed by atoms with Crippen LogP contribution in [0.2, 0.25) is 0 Å². The maximum atomic E-state index is 4.35. The van der Waals surface area contributed by atoms with Crippen LogP contribution in [0.5, 0.6) is 0 Å². The van der Waals surface area contributed by atoms with Crippen LogP contribution in [0.3, 0.4) is 0 Å². The summed E-state index contributed by atoms with van der Waals surface area (Å²) >= 11 is 3.44. The number of thiazole rings is 1. The molecule has 0 radical (unpaired) electrons. The molecule has 84 valence electrons. The van der Waals surface area contributed by atoms with Crippen LogP contribution in [0.4, 0.5) is 0 Å². The van der Waals surface area contributed by atoms with Crippen molar-refractivity contribution in [2.75, 3.05) is 13.1 Å². The smallest absolute Gasteiger partial charge is 0.131 e. The molecule has 4 nitrogen and oxygen atoms in total. The zero-order valence-corrected chi connectivity index (χ0v) is 10.6. The van der Waals surface area contributed by atoms with Gasteiger partial charge in [0.2, 0.25) is 0 Å². The molecule has 6 heteroatoms. The highest BCUT2D eigenvalue weighted by Gasteiger charge is 2.30. The molecule has 0 bridgehead atoms. The molecule has 1 fully saturated rings. The number of aromatic nitrogens is 3. The van der Waals surface area contributed by atoms with Crippen LogP contribution in [0.1, 0.15) is 20.9 Å². The average Bonchev–Trinajstić information content (AvgIpc) is 2.82. The Balaban J connectivity index is 1.54. The molecule has 0 spiro atoms. The second kappa shape index (κ2) is 4.20. The van der Waals surface area contributed by atoms with Gasteiger partial charge in [-0.15, -0.1) is 32.9 Å². The van der Waals surface area contributed by atoms with E-state index in [0.29, 0.717) is 5.92 Å². The summed E-state index contributed by atoms with van der Waals surface area (Å²) in [7, 11) is 0. The summed E-state index contributed by atoms with van der Waals surface area (Å²) in [5.41, 5.74) is 0. The van der Waals surface area contributed by atoms with Crippen molar-refractivity contribution in [3.8, 4) is 0 Å². The largest absolute Gasteiger partial charge is 0.295 e. The highest BCUT2D eigenvalue weighted by atomic mass is 32.1. The van der Waals surface area contributed by atoms with E-state index in [4.69, 9.17) is 0 Å².